The second kappa shape index (κ2) is 7.50. The molecule has 2 fully saturated rings. The Bertz CT molecular complexity index is 1010. The maximum atomic E-state index is 15.8. The van der Waals surface area contributed by atoms with Gasteiger partial charge in [-0.15, -0.1) is 6.58 Å². The minimum atomic E-state index is -2.46. The van der Waals surface area contributed by atoms with Crippen molar-refractivity contribution in [2.24, 2.45) is 5.92 Å². The summed E-state index contributed by atoms with van der Waals surface area (Å²) >= 11 is 0. The molecule has 154 valence electrons. The van der Waals surface area contributed by atoms with Gasteiger partial charge in [-0.3, -0.25) is 14.4 Å². The molecule has 2 aromatic rings. The third-order valence-electron chi connectivity index (χ3n) is 5.65. The number of carbonyl (C=O) groups excluding carboxylic acids is 3. The van der Waals surface area contributed by atoms with Crippen LogP contribution < -0.4 is 15.1 Å². The first-order valence-electron chi connectivity index (χ1n) is 9.73. The summed E-state index contributed by atoms with van der Waals surface area (Å²) in [4.78, 5) is 41.7. The van der Waals surface area contributed by atoms with Gasteiger partial charge in [0.25, 0.3) is 5.91 Å². The predicted octanol–water partition coefficient (Wildman–Crippen LogP) is 2.38. The Balaban J connectivity index is 1.68. The fourth-order valence-corrected chi connectivity index (χ4v) is 4.12. The Morgan fingerprint density at radius 2 is 1.90 bits per heavy atom. The van der Waals surface area contributed by atoms with E-state index in [1.165, 1.54) is 4.90 Å². The minimum absolute atomic E-state index is 0.191. The number of imide groups is 1. The van der Waals surface area contributed by atoms with Gasteiger partial charge in [0.15, 0.2) is 0 Å². The van der Waals surface area contributed by atoms with Crippen LogP contribution in [-0.2, 0) is 14.4 Å². The largest absolute Gasteiger partial charge is 0.307 e. The number of aryl methyl sites for hydroxylation is 1. The Kier molecular flexibility index (Phi) is 4.99. The van der Waals surface area contributed by atoms with Crippen molar-refractivity contribution in [3.8, 4) is 0 Å². The highest BCUT2D eigenvalue weighted by Crippen LogP contribution is 2.42. The van der Waals surface area contributed by atoms with E-state index in [2.05, 4.69) is 11.9 Å². The molecule has 2 saturated heterocycles. The average Bonchev–Trinajstić information content (AvgIpc) is 3.20. The van der Waals surface area contributed by atoms with Crippen LogP contribution >= 0.6 is 0 Å². The molecule has 2 aliphatic heterocycles. The summed E-state index contributed by atoms with van der Waals surface area (Å²) < 4.78 is 15.8. The molecule has 2 aliphatic rings. The van der Waals surface area contributed by atoms with Crippen molar-refractivity contribution in [1.29, 1.82) is 0 Å². The number of hydrogen-bond acceptors (Lipinski definition) is 4. The van der Waals surface area contributed by atoms with E-state index < -0.39 is 41.9 Å². The molecule has 0 aliphatic carbocycles. The monoisotopic (exact) mass is 407 g/mol. The third kappa shape index (κ3) is 3.02. The fourth-order valence-electron chi connectivity index (χ4n) is 4.12. The maximum absolute atomic E-state index is 15.8. The molecule has 2 aromatic carbocycles. The summed E-state index contributed by atoms with van der Waals surface area (Å²) in [5.41, 5.74) is -0.601. The van der Waals surface area contributed by atoms with E-state index in [4.69, 9.17) is 0 Å². The molecule has 0 unspecified atom stereocenters. The first kappa shape index (κ1) is 20.0. The second-order valence-corrected chi connectivity index (χ2v) is 7.59. The number of hydrogen-bond donors (Lipinski definition) is 1. The summed E-state index contributed by atoms with van der Waals surface area (Å²) in [5.74, 6) is -3.53. The summed E-state index contributed by atoms with van der Waals surface area (Å²) in [6.45, 7) is 5.36. The molecule has 30 heavy (non-hydrogen) atoms. The summed E-state index contributed by atoms with van der Waals surface area (Å²) in [5, 5.41) is 2.78. The van der Waals surface area contributed by atoms with Gasteiger partial charge in [0.1, 0.15) is 12.0 Å². The lowest BCUT2D eigenvalue weighted by Gasteiger charge is -2.27. The van der Waals surface area contributed by atoms with Gasteiger partial charge in [-0.1, -0.05) is 42.0 Å². The molecule has 6 nitrogen and oxygen atoms in total. The van der Waals surface area contributed by atoms with Gasteiger partial charge >= 0.3 is 0 Å². The summed E-state index contributed by atoms with van der Waals surface area (Å²) in [6.07, 6.45) is 1.56. The molecule has 7 heteroatoms. The predicted molar refractivity (Wildman–Crippen MR) is 112 cm³/mol. The Labute approximate surface area is 174 Å². The van der Waals surface area contributed by atoms with E-state index in [1.807, 2.05) is 13.0 Å². The molecule has 2 heterocycles. The normalized spacial score (nSPS) is 25.3. The number of carbonyl (C=O) groups is 3. The van der Waals surface area contributed by atoms with Crippen molar-refractivity contribution in [3.63, 3.8) is 0 Å². The Morgan fingerprint density at radius 3 is 2.53 bits per heavy atom. The highest BCUT2D eigenvalue weighted by atomic mass is 19.1. The van der Waals surface area contributed by atoms with Crippen LogP contribution in [-0.4, -0.2) is 42.5 Å². The molecule has 3 amide bonds. The molecule has 0 radical (unpaired) electrons. The second-order valence-electron chi connectivity index (χ2n) is 7.59. The van der Waals surface area contributed by atoms with Crippen molar-refractivity contribution >= 4 is 29.1 Å². The van der Waals surface area contributed by atoms with Crippen molar-refractivity contribution in [3.05, 3.63) is 72.8 Å². The van der Waals surface area contributed by atoms with E-state index in [0.29, 0.717) is 11.4 Å². The maximum Gasteiger partial charge on any atom is 0.273 e. The quantitative estimate of drug-likeness (QED) is 0.610. The summed E-state index contributed by atoms with van der Waals surface area (Å²) in [7, 11) is 0. The van der Waals surface area contributed by atoms with Gasteiger partial charge in [0, 0.05) is 18.8 Å². The van der Waals surface area contributed by atoms with Gasteiger partial charge in [-0.25, -0.2) is 9.29 Å². The zero-order valence-corrected chi connectivity index (χ0v) is 16.5. The van der Waals surface area contributed by atoms with Gasteiger partial charge in [-0.2, -0.15) is 0 Å². The first-order valence-corrected chi connectivity index (χ1v) is 9.73. The standard InChI is InChI=1S/C23H22FN3O3/c1-3-13-26(16-7-5-4-6-8-16)21(29)19-18-20(28)27(17-11-9-15(2)10-12-17)22(30)23(18,24)14-25-19/h3-12,18-19,25H,1,13-14H2,2H3/t18-,19-,23+/m1/s1. The fraction of sp³-hybridized carbons (Fsp3) is 0.261. The van der Waals surface area contributed by atoms with Crippen LogP contribution in [0.15, 0.2) is 67.3 Å². The van der Waals surface area contributed by atoms with Crippen LogP contribution in [0.5, 0.6) is 0 Å². The van der Waals surface area contributed by atoms with Crippen LogP contribution in [0.3, 0.4) is 0 Å². The van der Waals surface area contributed by atoms with E-state index in [0.717, 1.165) is 10.5 Å². The molecule has 0 aromatic heterocycles. The van der Waals surface area contributed by atoms with Gasteiger partial charge in [0.2, 0.25) is 17.5 Å². The van der Waals surface area contributed by atoms with Crippen LogP contribution in [0.4, 0.5) is 15.8 Å². The Morgan fingerprint density at radius 1 is 1.23 bits per heavy atom. The molecule has 0 spiro atoms. The van der Waals surface area contributed by atoms with Crippen molar-refractivity contribution < 1.29 is 18.8 Å². The first-order chi connectivity index (χ1) is 14.4. The van der Waals surface area contributed by atoms with Gasteiger partial charge in [0.05, 0.1) is 5.69 Å². The molecule has 3 atom stereocenters. The van der Waals surface area contributed by atoms with Crippen molar-refractivity contribution in [2.45, 2.75) is 18.6 Å². The third-order valence-corrected chi connectivity index (χ3v) is 5.65. The minimum Gasteiger partial charge on any atom is -0.307 e. The molecule has 1 N–H and O–H groups in total. The number of alkyl halides is 1. The number of nitrogens with zero attached hydrogens (tertiary/aromatic N) is 2. The summed E-state index contributed by atoms with van der Waals surface area (Å²) in [6, 6.07) is 14.4. The van der Waals surface area contributed by atoms with E-state index in [9.17, 15) is 14.4 Å². The number of amides is 3. The number of para-hydroxylation sites is 1. The zero-order chi connectivity index (χ0) is 21.5. The highest BCUT2D eigenvalue weighted by molar-refractivity contribution is 6.27. The molecule has 0 bridgehead atoms. The van der Waals surface area contributed by atoms with Crippen LogP contribution in [0.25, 0.3) is 0 Å². The molecular weight excluding hydrogens is 385 g/mol. The van der Waals surface area contributed by atoms with E-state index >= 15 is 4.39 Å². The number of nitrogens with one attached hydrogen (secondary N) is 1. The van der Waals surface area contributed by atoms with Crippen molar-refractivity contribution in [1.82, 2.24) is 5.32 Å². The number of halogens is 1. The lowest BCUT2D eigenvalue weighted by atomic mass is 9.89. The molecule has 0 saturated carbocycles. The SMILES string of the molecule is C=CCN(C(=O)[C@@H]1NC[C@@]2(F)C(=O)N(c3ccc(C)cc3)C(=O)[C@@H]12)c1ccccc1. The van der Waals surface area contributed by atoms with Crippen molar-refractivity contribution in [2.75, 3.05) is 22.9 Å². The highest BCUT2D eigenvalue weighted by Gasteiger charge is 2.68. The van der Waals surface area contributed by atoms with Crippen LogP contribution in [0, 0.1) is 12.8 Å². The van der Waals surface area contributed by atoms with E-state index in [1.54, 1.807) is 54.6 Å². The molecule has 4 rings (SSSR count). The van der Waals surface area contributed by atoms with Gasteiger partial charge < -0.3 is 10.2 Å². The van der Waals surface area contributed by atoms with Crippen LogP contribution in [0.2, 0.25) is 0 Å². The number of benzene rings is 2. The number of anilines is 2. The zero-order valence-electron chi connectivity index (χ0n) is 16.5. The van der Waals surface area contributed by atoms with Gasteiger partial charge in [-0.05, 0) is 31.2 Å². The van der Waals surface area contributed by atoms with Crippen LogP contribution in [0.1, 0.15) is 5.56 Å². The van der Waals surface area contributed by atoms with E-state index in [-0.39, 0.29) is 6.54 Å². The number of fused-ring (bicyclic) bond motifs is 1. The Hall–Kier alpha value is -3.32. The number of rotatable bonds is 5. The topological polar surface area (TPSA) is 69.7 Å². The lowest BCUT2D eigenvalue weighted by molar-refractivity contribution is -0.129. The average molecular weight is 407 g/mol. The smallest absolute Gasteiger partial charge is 0.273 e. The lowest BCUT2D eigenvalue weighted by Crippen LogP contribution is -2.49. The molecular formula is C23H22FN3O3.